The Balaban J connectivity index is 2.12. The summed E-state index contributed by atoms with van der Waals surface area (Å²) in [5.41, 5.74) is 5.82. The highest BCUT2D eigenvalue weighted by molar-refractivity contribution is 6.04. The predicted octanol–water partition coefficient (Wildman–Crippen LogP) is 7.04. The molecule has 0 aromatic heterocycles. The van der Waals surface area contributed by atoms with Crippen molar-refractivity contribution in [2.75, 3.05) is 0 Å². The van der Waals surface area contributed by atoms with Crippen molar-refractivity contribution < 1.29 is 24.9 Å². The van der Waals surface area contributed by atoms with Crippen molar-refractivity contribution in [2.45, 2.75) is 73.3 Å². The molecule has 3 N–H and O–H groups in total. The van der Waals surface area contributed by atoms with Gasteiger partial charge in [-0.05, 0) is 84.1 Å². The van der Waals surface area contributed by atoms with Crippen molar-refractivity contribution in [1.82, 2.24) is 0 Å². The van der Waals surface area contributed by atoms with E-state index < -0.39 is 6.10 Å². The largest absolute Gasteiger partial charge is 0.508 e. The van der Waals surface area contributed by atoms with Crippen LogP contribution >= 0.6 is 0 Å². The van der Waals surface area contributed by atoms with Gasteiger partial charge in [-0.2, -0.15) is 0 Å². The molecular formula is C30H36O5. The number of hydrogen-bond donors (Lipinski definition) is 3. The number of Topliss-reactive ketones (excluding diaryl/α,β-unsaturated/α-hetero) is 1. The van der Waals surface area contributed by atoms with E-state index >= 15 is 0 Å². The summed E-state index contributed by atoms with van der Waals surface area (Å²) in [6.45, 7) is 11.8. The molecule has 2 aromatic rings. The quantitative estimate of drug-likeness (QED) is 0.373. The molecule has 5 heteroatoms. The molecule has 0 fully saturated rings. The van der Waals surface area contributed by atoms with Crippen LogP contribution in [0.15, 0.2) is 53.1 Å². The van der Waals surface area contributed by atoms with Gasteiger partial charge in [-0.3, -0.25) is 4.79 Å². The van der Waals surface area contributed by atoms with Crippen LogP contribution in [0.1, 0.15) is 86.7 Å². The van der Waals surface area contributed by atoms with E-state index in [1.807, 2.05) is 59.8 Å². The van der Waals surface area contributed by atoms with Gasteiger partial charge in [0.2, 0.25) is 0 Å². The van der Waals surface area contributed by atoms with E-state index in [9.17, 15) is 20.1 Å². The first-order chi connectivity index (χ1) is 16.5. The number of fused-ring (bicyclic) bond motifs is 1. The lowest BCUT2D eigenvalue weighted by Gasteiger charge is -2.29. The van der Waals surface area contributed by atoms with E-state index in [0.717, 1.165) is 16.7 Å². The number of carbonyl (C=O) groups excluding carboxylic acids is 1. The molecule has 1 unspecified atom stereocenters. The lowest BCUT2D eigenvalue weighted by molar-refractivity contribution is 0.0841. The van der Waals surface area contributed by atoms with E-state index in [0.29, 0.717) is 36.0 Å². The van der Waals surface area contributed by atoms with Crippen molar-refractivity contribution in [3.8, 4) is 23.0 Å². The number of aromatic hydroxyl groups is 3. The third-order valence-corrected chi connectivity index (χ3v) is 6.05. The van der Waals surface area contributed by atoms with Gasteiger partial charge in [-0.15, -0.1) is 0 Å². The third-order valence-electron chi connectivity index (χ3n) is 6.05. The summed E-state index contributed by atoms with van der Waals surface area (Å²) in [7, 11) is 0. The summed E-state index contributed by atoms with van der Waals surface area (Å²) in [5.74, 6) is -0.202. The van der Waals surface area contributed by atoms with Crippen molar-refractivity contribution in [3.05, 3.63) is 81.0 Å². The molecule has 3 rings (SSSR count). The average molecular weight is 477 g/mol. The summed E-state index contributed by atoms with van der Waals surface area (Å²) in [5, 5.41) is 32.5. The van der Waals surface area contributed by atoms with Crippen LogP contribution in [0.25, 0.3) is 0 Å². The Labute approximate surface area is 208 Å². The van der Waals surface area contributed by atoms with Crippen LogP contribution in [0.2, 0.25) is 0 Å². The fourth-order valence-electron chi connectivity index (χ4n) is 4.16. The minimum absolute atomic E-state index is 0.0288. The first-order valence-corrected chi connectivity index (χ1v) is 12.0. The number of carbonyl (C=O) groups is 1. The number of ether oxygens (including phenoxy) is 1. The molecule has 1 heterocycles. The molecule has 1 aliphatic heterocycles. The second-order valence-corrected chi connectivity index (χ2v) is 9.98. The molecule has 186 valence electrons. The second-order valence-electron chi connectivity index (χ2n) is 9.98. The van der Waals surface area contributed by atoms with Gasteiger partial charge < -0.3 is 20.1 Å². The van der Waals surface area contributed by atoms with Crippen molar-refractivity contribution >= 4 is 5.78 Å². The molecule has 35 heavy (non-hydrogen) atoms. The first kappa shape index (κ1) is 26.1. The maximum Gasteiger partial charge on any atom is 0.174 e. The number of benzene rings is 2. The van der Waals surface area contributed by atoms with Gasteiger partial charge in [0.15, 0.2) is 5.78 Å². The third kappa shape index (κ3) is 6.16. The Kier molecular flexibility index (Phi) is 8.11. The van der Waals surface area contributed by atoms with Crippen LogP contribution in [0.5, 0.6) is 23.0 Å². The van der Waals surface area contributed by atoms with Gasteiger partial charge in [-0.1, -0.05) is 41.0 Å². The molecule has 0 amide bonds. The van der Waals surface area contributed by atoms with Gasteiger partial charge in [0, 0.05) is 11.1 Å². The van der Waals surface area contributed by atoms with Crippen LogP contribution in [-0.2, 0) is 19.3 Å². The Morgan fingerprint density at radius 1 is 0.829 bits per heavy atom. The monoisotopic (exact) mass is 476 g/mol. The van der Waals surface area contributed by atoms with E-state index in [2.05, 4.69) is 6.08 Å². The van der Waals surface area contributed by atoms with Crippen molar-refractivity contribution in [2.24, 2.45) is 0 Å². The molecule has 0 saturated carbocycles. The summed E-state index contributed by atoms with van der Waals surface area (Å²) in [4.78, 5) is 13.3. The maximum absolute atomic E-state index is 13.3. The Morgan fingerprint density at radius 2 is 1.40 bits per heavy atom. The van der Waals surface area contributed by atoms with Crippen LogP contribution in [-0.4, -0.2) is 21.1 Å². The second kappa shape index (κ2) is 10.9. The molecule has 0 spiro atoms. The van der Waals surface area contributed by atoms with Crippen molar-refractivity contribution in [1.29, 1.82) is 0 Å². The first-order valence-electron chi connectivity index (χ1n) is 12.0. The van der Waals surface area contributed by atoms with Gasteiger partial charge in [-0.25, -0.2) is 0 Å². The van der Waals surface area contributed by atoms with Crippen LogP contribution in [0.4, 0.5) is 0 Å². The maximum atomic E-state index is 13.3. The van der Waals surface area contributed by atoms with Gasteiger partial charge in [0.1, 0.15) is 34.7 Å². The van der Waals surface area contributed by atoms with E-state index in [1.54, 1.807) is 12.1 Å². The summed E-state index contributed by atoms with van der Waals surface area (Å²) < 4.78 is 6.32. The summed E-state index contributed by atoms with van der Waals surface area (Å²) in [6.07, 6.45) is 6.66. The van der Waals surface area contributed by atoms with Crippen molar-refractivity contribution in [3.63, 3.8) is 0 Å². The highest BCUT2D eigenvalue weighted by Crippen LogP contribution is 2.49. The average Bonchev–Trinajstić information content (AvgIpc) is 2.76. The highest BCUT2D eigenvalue weighted by atomic mass is 16.5. The van der Waals surface area contributed by atoms with Gasteiger partial charge in [0.25, 0.3) is 0 Å². The predicted molar refractivity (Wildman–Crippen MR) is 140 cm³/mol. The minimum Gasteiger partial charge on any atom is -0.508 e. The highest BCUT2D eigenvalue weighted by Gasteiger charge is 2.35. The van der Waals surface area contributed by atoms with Crippen LogP contribution < -0.4 is 4.74 Å². The molecule has 0 radical (unpaired) electrons. The minimum atomic E-state index is -0.638. The Bertz CT molecular complexity index is 1220. The van der Waals surface area contributed by atoms with Crippen LogP contribution in [0.3, 0.4) is 0 Å². The molecule has 5 nitrogen and oxygen atoms in total. The zero-order valence-corrected chi connectivity index (χ0v) is 21.5. The Hall–Kier alpha value is -3.47. The number of hydrogen-bond acceptors (Lipinski definition) is 5. The van der Waals surface area contributed by atoms with E-state index in [-0.39, 0.29) is 40.8 Å². The lowest BCUT2D eigenvalue weighted by Crippen LogP contribution is -2.22. The normalized spacial score (nSPS) is 14.6. The number of allylic oxidation sites excluding steroid dienone is 6. The molecule has 0 aliphatic carbocycles. The summed E-state index contributed by atoms with van der Waals surface area (Å²) >= 11 is 0. The molecule has 2 aromatic carbocycles. The fraction of sp³-hybridized carbons (Fsp3) is 0.367. The molecule has 0 bridgehead atoms. The SMILES string of the molecule is CC(C)=CCc1cc(O)cc(C2CC(=O)c3c(O)c(CC=C(C)C)c(O)c(CC=C(C)C)c3O2)c1. The van der Waals surface area contributed by atoms with Gasteiger partial charge >= 0.3 is 0 Å². The standard InChI is InChI=1S/C30H36O5/c1-17(2)7-10-20-13-21(15-22(31)14-20)26-16-25(32)27-29(34)23(11-8-18(3)4)28(33)24(30(27)35-26)12-9-19(5)6/h7-9,13-15,26,31,33-34H,10-12,16H2,1-6H3. The number of rotatable bonds is 7. The zero-order valence-electron chi connectivity index (χ0n) is 21.5. The molecule has 1 aliphatic rings. The number of ketones is 1. The zero-order chi connectivity index (χ0) is 25.9. The molecule has 1 atom stereocenters. The fourth-order valence-corrected chi connectivity index (χ4v) is 4.16. The molecular weight excluding hydrogens is 440 g/mol. The smallest absolute Gasteiger partial charge is 0.174 e. The van der Waals surface area contributed by atoms with E-state index in [1.165, 1.54) is 5.57 Å². The lowest BCUT2D eigenvalue weighted by atomic mass is 9.88. The topological polar surface area (TPSA) is 87.0 Å². The number of phenols is 3. The van der Waals surface area contributed by atoms with Gasteiger partial charge in [0.05, 0.1) is 6.42 Å². The van der Waals surface area contributed by atoms with Crippen LogP contribution in [0, 0.1) is 0 Å². The van der Waals surface area contributed by atoms with E-state index in [4.69, 9.17) is 4.74 Å². The number of phenolic OH excluding ortho intramolecular Hbond substituents is 3. The summed E-state index contributed by atoms with van der Waals surface area (Å²) in [6, 6.07) is 5.24. The molecule has 0 saturated heterocycles. The Morgan fingerprint density at radius 3 is 2.00 bits per heavy atom.